The summed E-state index contributed by atoms with van der Waals surface area (Å²) in [5.74, 6) is 1.42. The molecule has 2 aliphatic heterocycles. The molecule has 0 N–H and O–H groups in total. The molecule has 1 aromatic heterocycles. The molecule has 2 amide bonds. The van der Waals surface area contributed by atoms with Gasteiger partial charge in [-0.1, -0.05) is 35.9 Å². The van der Waals surface area contributed by atoms with Gasteiger partial charge in [-0.3, -0.25) is 9.59 Å². The molecule has 0 radical (unpaired) electrons. The molecule has 4 rings (SSSR count). The minimum atomic E-state index is 0.128. The number of aryl methyl sites for hydroxylation is 1. The third-order valence-corrected chi connectivity index (χ3v) is 7.50. The Hall–Kier alpha value is -1.79. The fourth-order valence-corrected chi connectivity index (χ4v) is 5.78. The van der Waals surface area contributed by atoms with Crippen molar-refractivity contribution in [2.24, 2.45) is 5.92 Å². The minimum absolute atomic E-state index is 0.128. The molecule has 3 heterocycles. The maximum atomic E-state index is 12.5. The van der Waals surface area contributed by atoms with Gasteiger partial charge in [-0.05, 0) is 42.7 Å². The predicted molar refractivity (Wildman–Crippen MR) is 111 cm³/mol. The molecule has 0 saturated carbocycles. The van der Waals surface area contributed by atoms with Crippen LogP contribution >= 0.6 is 23.1 Å². The van der Waals surface area contributed by atoms with Crippen LogP contribution in [0, 0.1) is 12.8 Å². The lowest BCUT2D eigenvalue weighted by Gasteiger charge is -2.35. The Kier molecular flexibility index (Phi) is 5.55. The molecule has 1 aromatic carbocycles. The highest BCUT2D eigenvalue weighted by Crippen LogP contribution is 2.40. The lowest BCUT2D eigenvalue weighted by molar-refractivity contribution is -0.128. The predicted octanol–water partition coefficient (Wildman–Crippen LogP) is 4.18. The lowest BCUT2D eigenvalue weighted by atomic mass is 9.95. The van der Waals surface area contributed by atoms with Gasteiger partial charge in [-0.2, -0.15) is 0 Å². The van der Waals surface area contributed by atoms with Crippen molar-refractivity contribution in [1.82, 2.24) is 9.80 Å². The number of nitrogens with zero attached hydrogens (tertiary/aromatic N) is 2. The summed E-state index contributed by atoms with van der Waals surface area (Å²) in [7, 11) is 0. The van der Waals surface area contributed by atoms with E-state index in [1.54, 1.807) is 11.8 Å². The maximum Gasteiger partial charge on any atom is 0.263 e. The summed E-state index contributed by atoms with van der Waals surface area (Å²) in [5, 5.41) is 2.07. The van der Waals surface area contributed by atoms with Crippen LogP contribution in [0.2, 0.25) is 0 Å². The second-order valence-corrected chi connectivity index (χ2v) is 9.35. The van der Waals surface area contributed by atoms with Gasteiger partial charge in [0.2, 0.25) is 5.91 Å². The molecule has 2 fully saturated rings. The SMILES string of the molecule is Cc1cccc(C2SCC(=O)N2CC2CCN(C(=O)c3cccs3)CC2)c1. The van der Waals surface area contributed by atoms with E-state index in [-0.39, 0.29) is 17.2 Å². The maximum absolute atomic E-state index is 12.5. The number of thioether (sulfide) groups is 1. The molecule has 2 saturated heterocycles. The van der Waals surface area contributed by atoms with Crippen molar-refractivity contribution in [3.05, 3.63) is 57.8 Å². The van der Waals surface area contributed by atoms with Gasteiger partial charge in [0, 0.05) is 19.6 Å². The number of benzene rings is 1. The Morgan fingerprint density at radius 3 is 2.70 bits per heavy atom. The van der Waals surface area contributed by atoms with Crippen molar-refractivity contribution in [2.45, 2.75) is 25.1 Å². The second-order valence-electron chi connectivity index (χ2n) is 7.34. The smallest absolute Gasteiger partial charge is 0.263 e. The molecule has 0 spiro atoms. The number of rotatable bonds is 4. The molecule has 27 heavy (non-hydrogen) atoms. The number of piperidine rings is 1. The van der Waals surface area contributed by atoms with Crippen molar-refractivity contribution < 1.29 is 9.59 Å². The van der Waals surface area contributed by atoms with Gasteiger partial charge < -0.3 is 9.80 Å². The van der Waals surface area contributed by atoms with Crippen LogP contribution in [0.1, 0.15) is 39.0 Å². The summed E-state index contributed by atoms with van der Waals surface area (Å²) < 4.78 is 0. The van der Waals surface area contributed by atoms with Crippen molar-refractivity contribution in [3.63, 3.8) is 0 Å². The Labute approximate surface area is 168 Å². The monoisotopic (exact) mass is 400 g/mol. The van der Waals surface area contributed by atoms with E-state index >= 15 is 0 Å². The molecular weight excluding hydrogens is 376 g/mol. The number of thiophene rings is 1. The van der Waals surface area contributed by atoms with Gasteiger partial charge in [0.15, 0.2) is 0 Å². The molecule has 2 aliphatic rings. The lowest BCUT2D eigenvalue weighted by Crippen LogP contribution is -2.42. The number of hydrogen-bond donors (Lipinski definition) is 0. The highest BCUT2D eigenvalue weighted by atomic mass is 32.2. The van der Waals surface area contributed by atoms with E-state index in [4.69, 9.17) is 0 Å². The Bertz CT molecular complexity index is 813. The third-order valence-electron chi connectivity index (χ3n) is 5.38. The van der Waals surface area contributed by atoms with Gasteiger partial charge in [0.1, 0.15) is 5.37 Å². The van der Waals surface area contributed by atoms with Gasteiger partial charge in [-0.15, -0.1) is 23.1 Å². The number of likely N-dealkylation sites (tertiary alicyclic amines) is 1. The number of carbonyl (C=O) groups is 2. The molecule has 0 aliphatic carbocycles. The second kappa shape index (κ2) is 8.07. The molecule has 4 nitrogen and oxygen atoms in total. The molecule has 2 aromatic rings. The highest BCUT2D eigenvalue weighted by molar-refractivity contribution is 8.00. The zero-order valence-corrected chi connectivity index (χ0v) is 17.1. The van der Waals surface area contributed by atoms with Crippen LogP contribution in [0.3, 0.4) is 0 Å². The topological polar surface area (TPSA) is 40.6 Å². The average molecular weight is 401 g/mol. The van der Waals surface area contributed by atoms with E-state index in [1.165, 1.54) is 22.5 Å². The van der Waals surface area contributed by atoms with Crippen LogP contribution in [-0.4, -0.2) is 47.0 Å². The molecule has 142 valence electrons. The van der Waals surface area contributed by atoms with Gasteiger partial charge >= 0.3 is 0 Å². The zero-order chi connectivity index (χ0) is 18.8. The fourth-order valence-electron chi connectivity index (χ4n) is 3.90. The van der Waals surface area contributed by atoms with Crippen molar-refractivity contribution in [1.29, 1.82) is 0 Å². The van der Waals surface area contributed by atoms with Crippen LogP contribution < -0.4 is 0 Å². The van der Waals surface area contributed by atoms with E-state index in [1.807, 2.05) is 22.4 Å². The summed E-state index contributed by atoms with van der Waals surface area (Å²) in [6.07, 6.45) is 1.93. The van der Waals surface area contributed by atoms with Crippen molar-refractivity contribution >= 4 is 34.9 Å². The summed E-state index contributed by atoms with van der Waals surface area (Å²) in [4.78, 5) is 29.8. The summed E-state index contributed by atoms with van der Waals surface area (Å²) in [5.41, 5.74) is 2.45. The Morgan fingerprint density at radius 1 is 1.19 bits per heavy atom. The molecular formula is C21H24N2O2S2. The Morgan fingerprint density at radius 2 is 2.00 bits per heavy atom. The minimum Gasteiger partial charge on any atom is -0.338 e. The number of hydrogen-bond acceptors (Lipinski definition) is 4. The van der Waals surface area contributed by atoms with Crippen LogP contribution in [-0.2, 0) is 4.79 Å². The summed E-state index contributed by atoms with van der Waals surface area (Å²) in [6.45, 7) is 4.46. The first-order valence-electron chi connectivity index (χ1n) is 9.42. The van der Waals surface area contributed by atoms with E-state index in [2.05, 4.69) is 36.1 Å². The largest absolute Gasteiger partial charge is 0.338 e. The molecule has 1 unspecified atom stereocenters. The first-order chi connectivity index (χ1) is 13.1. The van der Waals surface area contributed by atoms with Crippen LogP contribution in [0.25, 0.3) is 0 Å². The zero-order valence-electron chi connectivity index (χ0n) is 15.5. The van der Waals surface area contributed by atoms with Gasteiger partial charge in [-0.25, -0.2) is 0 Å². The first-order valence-corrected chi connectivity index (χ1v) is 11.3. The van der Waals surface area contributed by atoms with Gasteiger partial charge in [0.05, 0.1) is 10.6 Å². The molecule has 6 heteroatoms. The summed E-state index contributed by atoms with van der Waals surface area (Å²) >= 11 is 3.23. The van der Waals surface area contributed by atoms with E-state index in [0.29, 0.717) is 11.7 Å². The Balaban J connectivity index is 1.37. The van der Waals surface area contributed by atoms with Crippen LogP contribution in [0.15, 0.2) is 41.8 Å². The van der Waals surface area contributed by atoms with E-state index in [0.717, 1.165) is 37.4 Å². The normalized spacial score (nSPS) is 21.1. The highest BCUT2D eigenvalue weighted by Gasteiger charge is 2.35. The van der Waals surface area contributed by atoms with Crippen molar-refractivity contribution in [3.8, 4) is 0 Å². The van der Waals surface area contributed by atoms with E-state index < -0.39 is 0 Å². The average Bonchev–Trinajstić information content (AvgIpc) is 3.33. The van der Waals surface area contributed by atoms with Gasteiger partial charge in [0.25, 0.3) is 5.91 Å². The first kappa shape index (κ1) is 18.6. The standard InChI is InChI=1S/C21H24N2O2S2/c1-15-4-2-5-17(12-15)21-23(19(24)14-27-21)13-16-7-9-22(10-8-16)20(25)18-6-3-11-26-18/h2-6,11-12,16,21H,7-10,13-14H2,1H3. The van der Waals surface area contributed by atoms with E-state index in [9.17, 15) is 9.59 Å². The van der Waals surface area contributed by atoms with Crippen molar-refractivity contribution in [2.75, 3.05) is 25.4 Å². The number of carbonyl (C=O) groups excluding carboxylic acids is 2. The number of amides is 2. The van der Waals surface area contributed by atoms with Crippen LogP contribution in [0.4, 0.5) is 0 Å². The fraction of sp³-hybridized carbons (Fsp3) is 0.429. The molecule has 0 bridgehead atoms. The summed E-state index contributed by atoms with van der Waals surface area (Å²) in [6, 6.07) is 12.3. The van der Waals surface area contributed by atoms with Crippen LogP contribution in [0.5, 0.6) is 0 Å². The third kappa shape index (κ3) is 4.06. The molecule has 1 atom stereocenters. The quantitative estimate of drug-likeness (QED) is 0.773.